The summed E-state index contributed by atoms with van der Waals surface area (Å²) in [5.74, 6) is -2.55. The first-order valence-corrected chi connectivity index (χ1v) is 5.13. The number of halogens is 2. The first-order chi connectivity index (χ1) is 7.86. The van der Waals surface area contributed by atoms with Crippen LogP contribution in [-0.2, 0) is 9.59 Å². The Morgan fingerprint density at radius 2 is 1.88 bits per heavy atom. The van der Waals surface area contributed by atoms with Crippen LogP contribution in [0.5, 0.6) is 0 Å². The first-order valence-electron chi connectivity index (χ1n) is 4.75. The van der Waals surface area contributed by atoms with Crippen molar-refractivity contribution in [1.29, 1.82) is 0 Å². The Balaban J connectivity index is 3.61. The zero-order valence-corrected chi connectivity index (χ0v) is 10.0. The second kappa shape index (κ2) is 5.10. The fourth-order valence-electron chi connectivity index (χ4n) is 1.47. The third kappa shape index (κ3) is 2.71. The molecule has 0 saturated carbocycles. The smallest absolute Gasteiger partial charge is 0.332 e. The van der Waals surface area contributed by atoms with Crippen LogP contribution in [0.2, 0.25) is 5.02 Å². The number of carbonyl (C=O) groups excluding carboxylic acids is 1. The maximum absolute atomic E-state index is 13.6. The third-order valence-electron chi connectivity index (χ3n) is 2.26. The van der Waals surface area contributed by atoms with Gasteiger partial charge in [-0.2, -0.15) is 0 Å². The van der Waals surface area contributed by atoms with Crippen LogP contribution in [0.4, 0.5) is 4.39 Å². The average molecular weight is 257 g/mol. The van der Waals surface area contributed by atoms with Crippen molar-refractivity contribution in [3.63, 3.8) is 0 Å². The lowest BCUT2D eigenvalue weighted by atomic mass is 9.97. The molecule has 5 heteroatoms. The molecule has 1 N–H and O–H groups in total. The Kier molecular flexibility index (Phi) is 4.02. The summed E-state index contributed by atoms with van der Waals surface area (Å²) in [6.45, 7) is 2.41. The van der Waals surface area contributed by atoms with E-state index in [9.17, 15) is 14.0 Å². The van der Waals surface area contributed by atoms with Crippen molar-refractivity contribution in [1.82, 2.24) is 0 Å². The number of ketones is 1. The number of benzene rings is 1. The Morgan fingerprint density at radius 1 is 1.29 bits per heavy atom. The molecule has 0 heterocycles. The van der Waals surface area contributed by atoms with Crippen molar-refractivity contribution in [3.05, 3.63) is 40.2 Å². The molecule has 0 bridgehead atoms. The normalized spacial score (nSPS) is 12.0. The number of hydrogen-bond donors (Lipinski definition) is 1. The van der Waals surface area contributed by atoms with Crippen LogP contribution in [0.3, 0.4) is 0 Å². The van der Waals surface area contributed by atoms with E-state index >= 15 is 0 Å². The highest BCUT2D eigenvalue weighted by molar-refractivity contribution is 6.36. The summed E-state index contributed by atoms with van der Waals surface area (Å²) in [5.41, 5.74) is -0.605. The SMILES string of the molecule is CC(=O)C(=C(C)C(=O)O)c1c(F)cccc1Cl. The topological polar surface area (TPSA) is 54.4 Å². The Labute approximate surface area is 103 Å². The number of aliphatic carboxylic acids is 1. The van der Waals surface area contributed by atoms with Crippen LogP contribution in [0.25, 0.3) is 5.57 Å². The molecule has 0 unspecified atom stereocenters. The number of carbonyl (C=O) groups is 2. The monoisotopic (exact) mass is 256 g/mol. The summed E-state index contributed by atoms with van der Waals surface area (Å²) < 4.78 is 13.6. The third-order valence-corrected chi connectivity index (χ3v) is 2.58. The van der Waals surface area contributed by atoms with Crippen LogP contribution in [0.15, 0.2) is 23.8 Å². The van der Waals surface area contributed by atoms with Gasteiger partial charge >= 0.3 is 5.97 Å². The molecule has 1 aromatic carbocycles. The summed E-state index contributed by atoms with van der Waals surface area (Å²) in [7, 11) is 0. The molecule has 3 nitrogen and oxygen atoms in total. The molecule has 1 aromatic rings. The second-order valence-corrected chi connectivity index (χ2v) is 3.87. The minimum absolute atomic E-state index is 0.0100. The standard InChI is InChI=1S/C12H10ClFO3/c1-6(12(16)17)10(7(2)15)11-8(13)4-3-5-9(11)14/h3-5H,1-2H3,(H,16,17). The highest BCUT2D eigenvalue weighted by Gasteiger charge is 2.21. The fraction of sp³-hybridized carbons (Fsp3) is 0.167. The predicted octanol–water partition coefficient (Wildman–Crippen LogP) is 2.93. The van der Waals surface area contributed by atoms with Gasteiger partial charge in [0.2, 0.25) is 0 Å². The van der Waals surface area contributed by atoms with E-state index in [0.29, 0.717) is 0 Å². The Morgan fingerprint density at radius 3 is 2.29 bits per heavy atom. The Hall–Kier alpha value is -1.68. The molecule has 0 atom stereocenters. The largest absolute Gasteiger partial charge is 0.478 e. The summed E-state index contributed by atoms with van der Waals surface area (Å²) in [5, 5.41) is 8.88. The van der Waals surface area contributed by atoms with E-state index in [2.05, 4.69) is 0 Å². The summed E-state index contributed by atoms with van der Waals surface area (Å²) in [6, 6.07) is 3.91. The molecule has 17 heavy (non-hydrogen) atoms. The molecule has 0 fully saturated rings. The van der Waals surface area contributed by atoms with Gasteiger partial charge in [-0.3, -0.25) is 4.79 Å². The van der Waals surface area contributed by atoms with Crippen molar-refractivity contribution >= 4 is 28.9 Å². The van der Waals surface area contributed by atoms with E-state index in [1.165, 1.54) is 26.0 Å². The fourth-order valence-corrected chi connectivity index (χ4v) is 1.73. The first kappa shape index (κ1) is 13.4. The minimum Gasteiger partial charge on any atom is -0.478 e. The van der Waals surface area contributed by atoms with Crippen LogP contribution in [-0.4, -0.2) is 16.9 Å². The van der Waals surface area contributed by atoms with Gasteiger partial charge in [-0.1, -0.05) is 17.7 Å². The zero-order chi connectivity index (χ0) is 13.2. The van der Waals surface area contributed by atoms with Crippen LogP contribution in [0.1, 0.15) is 19.4 Å². The van der Waals surface area contributed by atoms with Gasteiger partial charge in [0.1, 0.15) is 5.82 Å². The van der Waals surface area contributed by atoms with Gasteiger partial charge < -0.3 is 5.11 Å². The molecule has 90 valence electrons. The van der Waals surface area contributed by atoms with Crippen molar-refractivity contribution in [2.75, 3.05) is 0 Å². The molecule has 0 aliphatic rings. The number of hydrogen-bond acceptors (Lipinski definition) is 2. The van der Waals surface area contributed by atoms with Gasteiger partial charge in [0.25, 0.3) is 0 Å². The lowest BCUT2D eigenvalue weighted by Gasteiger charge is -2.10. The molecule has 0 aliphatic heterocycles. The summed E-state index contributed by atoms with van der Waals surface area (Å²) in [6.07, 6.45) is 0. The van der Waals surface area contributed by atoms with Gasteiger partial charge in [-0.15, -0.1) is 0 Å². The van der Waals surface area contributed by atoms with E-state index in [1.807, 2.05) is 0 Å². The van der Waals surface area contributed by atoms with Crippen molar-refractivity contribution < 1.29 is 19.1 Å². The van der Waals surface area contributed by atoms with E-state index in [4.69, 9.17) is 16.7 Å². The van der Waals surface area contributed by atoms with Gasteiger partial charge in [-0.05, 0) is 26.0 Å². The number of allylic oxidation sites excluding steroid dienone is 1. The van der Waals surface area contributed by atoms with Gasteiger partial charge in [0.05, 0.1) is 5.02 Å². The number of carboxylic acid groups (broad SMARTS) is 1. The van der Waals surface area contributed by atoms with Crippen molar-refractivity contribution in [2.45, 2.75) is 13.8 Å². The molecule has 0 radical (unpaired) electrons. The average Bonchev–Trinajstić information content (AvgIpc) is 2.22. The minimum atomic E-state index is -1.28. The van der Waals surface area contributed by atoms with Gasteiger partial charge in [0, 0.05) is 16.7 Å². The molecular formula is C12H10ClFO3. The van der Waals surface area contributed by atoms with Crippen LogP contribution in [0, 0.1) is 5.82 Å². The molecule has 0 saturated heterocycles. The van der Waals surface area contributed by atoms with Crippen LogP contribution >= 0.6 is 11.6 Å². The van der Waals surface area contributed by atoms with E-state index in [0.717, 1.165) is 6.07 Å². The van der Waals surface area contributed by atoms with Crippen molar-refractivity contribution in [2.24, 2.45) is 0 Å². The molecule has 0 amide bonds. The van der Waals surface area contributed by atoms with E-state index in [-0.39, 0.29) is 21.7 Å². The zero-order valence-electron chi connectivity index (χ0n) is 9.25. The maximum atomic E-state index is 13.6. The second-order valence-electron chi connectivity index (χ2n) is 3.46. The van der Waals surface area contributed by atoms with Gasteiger partial charge in [-0.25, -0.2) is 9.18 Å². The van der Waals surface area contributed by atoms with Gasteiger partial charge in [0.15, 0.2) is 5.78 Å². The lowest BCUT2D eigenvalue weighted by molar-refractivity contribution is -0.132. The Bertz CT molecular complexity index is 500. The predicted molar refractivity (Wildman–Crippen MR) is 62.3 cm³/mol. The quantitative estimate of drug-likeness (QED) is 0.846. The molecule has 0 aromatic heterocycles. The molecule has 0 spiro atoms. The number of rotatable bonds is 3. The molecule has 1 rings (SSSR count). The molecule has 0 aliphatic carbocycles. The number of Topliss-reactive ketones (excluding diaryl/α,β-unsaturated/α-hetero) is 1. The van der Waals surface area contributed by atoms with Crippen molar-refractivity contribution in [3.8, 4) is 0 Å². The highest BCUT2D eigenvalue weighted by atomic mass is 35.5. The highest BCUT2D eigenvalue weighted by Crippen LogP contribution is 2.29. The lowest BCUT2D eigenvalue weighted by Crippen LogP contribution is -2.08. The van der Waals surface area contributed by atoms with Crippen LogP contribution < -0.4 is 0 Å². The molecular weight excluding hydrogens is 247 g/mol. The maximum Gasteiger partial charge on any atom is 0.332 e. The summed E-state index contributed by atoms with van der Waals surface area (Å²) >= 11 is 5.80. The summed E-state index contributed by atoms with van der Waals surface area (Å²) in [4.78, 5) is 22.3. The van der Waals surface area contributed by atoms with E-state index in [1.54, 1.807) is 0 Å². The number of carboxylic acids is 1. The van der Waals surface area contributed by atoms with E-state index < -0.39 is 17.6 Å².